The van der Waals surface area contributed by atoms with Crippen LogP contribution in [0.25, 0.3) is 10.9 Å². The summed E-state index contributed by atoms with van der Waals surface area (Å²) in [5.41, 5.74) is 5.37. The lowest BCUT2D eigenvalue weighted by Crippen LogP contribution is -2.32. The van der Waals surface area contributed by atoms with Crippen molar-refractivity contribution in [3.8, 4) is 0 Å². The highest BCUT2D eigenvalue weighted by Gasteiger charge is 2.35. The van der Waals surface area contributed by atoms with Gasteiger partial charge in [0.1, 0.15) is 0 Å². The van der Waals surface area contributed by atoms with Gasteiger partial charge in [-0.15, -0.1) is 0 Å². The smallest absolute Gasteiger partial charge is 0.261 e. The van der Waals surface area contributed by atoms with E-state index >= 15 is 0 Å². The number of aromatic nitrogens is 1. The van der Waals surface area contributed by atoms with Gasteiger partial charge in [-0.1, -0.05) is 30.3 Å². The summed E-state index contributed by atoms with van der Waals surface area (Å²) in [7, 11) is 0. The number of carbonyl (C=O) groups is 2. The predicted octanol–water partition coefficient (Wildman–Crippen LogP) is 3.20. The number of hydrogen-bond acceptors (Lipinski definition) is 3. The Hall–Kier alpha value is -3.21. The number of rotatable bonds is 3. The molecule has 5 heteroatoms. The highest BCUT2D eigenvalue weighted by molar-refractivity contribution is 6.21. The van der Waals surface area contributed by atoms with Gasteiger partial charge in [-0.05, 0) is 30.2 Å². The molecule has 0 aliphatic carbocycles. The molecule has 0 spiro atoms. The molecule has 1 aromatic heterocycles. The third-order valence-corrected chi connectivity index (χ3v) is 5.22. The van der Waals surface area contributed by atoms with Gasteiger partial charge < -0.3 is 4.98 Å². The Bertz CT molecular complexity index is 1060. The summed E-state index contributed by atoms with van der Waals surface area (Å²) >= 11 is 0. The van der Waals surface area contributed by atoms with Gasteiger partial charge in [-0.25, -0.2) is 0 Å². The number of para-hydroxylation sites is 1. The fourth-order valence-corrected chi connectivity index (χ4v) is 3.95. The quantitative estimate of drug-likeness (QED) is 0.742. The molecule has 0 fully saturated rings. The van der Waals surface area contributed by atoms with E-state index in [1.165, 1.54) is 15.8 Å². The number of nitrogens with zero attached hydrogens (tertiary/aromatic N) is 2. The second kappa shape index (κ2) is 5.66. The normalized spacial score (nSPS) is 16.0. The first-order chi connectivity index (χ1) is 12.7. The monoisotopic (exact) mass is 343 g/mol. The van der Waals surface area contributed by atoms with Crippen LogP contribution >= 0.6 is 0 Å². The molecule has 0 saturated carbocycles. The average Bonchev–Trinajstić information content (AvgIpc) is 3.17. The van der Waals surface area contributed by atoms with Crippen molar-refractivity contribution in [2.24, 2.45) is 4.99 Å². The van der Waals surface area contributed by atoms with Gasteiger partial charge in [-0.3, -0.25) is 19.5 Å². The van der Waals surface area contributed by atoms with Crippen molar-refractivity contribution in [3.63, 3.8) is 0 Å². The highest BCUT2D eigenvalue weighted by atomic mass is 16.2. The summed E-state index contributed by atoms with van der Waals surface area (Å²) in [6.07, 6.45) is 1.47. The Kier molecular flexibility index (Phi) is 3.28. The van der Waals surface area contributed by atoms with Gasteiger partial charge >= 0.3 is 0 Å². The molecule has 26 heavy (non-hydrogen) atoms. The van der Waals surface area contributed by atoms with Crippen molar-refractivity contribution < 1.29 is 9.59 Å². The zero-order valence-corrected chi connectivity index (χ0v) is 14.2. The zero-order valence-electron chi connectivity index (χ0n) is 14.2. The second-order valence-electron chi connectivity index (χ2n) is 6.66. The maximum absolute atomic E-state index is 12.5. The first-order valence-corrected chi connectivity index (χ1v) is 8.82. The van der Waals surface area contributed by atoms with Crippen molar-refractivity contribution in [3.05, 3.63) is 70.9 Å². The Morgan fingerprint density at radius 2 is 1.65 bits per heavy atom. The Labute approximate surface area is 150 Å². The van der Waals surface area contributed by atoms with Crippen LogP contribution in [0.2, 0.25) is 0 Å². The summed E-state index contributed by atoms with van der Waals surface area (Å²) in [6.45, 7) is 1.09. The maximum atomic E-state index is 12.5. The van der Waals surface area contributed by atoms with E-state index in [-0.39, 0.29) is 11.8 Å². The Morgan fingerprint density at radius 3 is 2.42 bits per heavy atom. The molecule has 5 nitrogen and oxygen atoms in total. The van der Waals surface area contributed by atoms with Crippen LogP contribution in [0.15, 0.2) is 53.5 Å². The van der Waals surface area contributed by atoms with E-state index in [1.54, 1.807) is 24.3 Å². The second-order valence-corrected chi connectivity index (χ2v) is 6.66. The molecule has 0 atom stereocenters. The van der Waals surface area contributed by atoms with Crippen LogP contribution in [-0.2, 0) is 6.42 Å². The van der Waals surface area contributed by atoms with Crippen LogP contribution < -0.4 is 0 Å². The largest absolute Gasteiger partial charge is 0.353 e. The SMILES string of the molecule is O=C1c2ccccc2C(=O)N1CCC1=NCCc2c1[nH]c1ccccc21. The molecule has 0 saturated heterocycles. The fraction of sp³-hybridized carbons (Fsp3) is 0.190. The summed E-state index contributed by atoms with van der Waals surface area (Å²) < 4.78 is 0. The van der Waals surface area contributed by atoms with Crippen molar-refractivity contribution in [1.82, 2.24) is 9.88 Å². The number of benzene rings is 2. The molecular formula is C21H17N3O2. The number of hydrogen-bond donors (Lipinski definition) is 1. The molecule has 0 radical (unpaired) electrons. The number of imide groups is 1. The third-order valence-electron chi connectivity index (χ3n) is 5.22. The molecule has 128 valence electrons. The number of nitrogens with one attached hydrogen (secondary N) is 1. The summed E-state index contributed by atoms with van der Waals surface area (Å²) in [5.74, 6) is -0.419. The van der Waals surface area contributed by atoms with E-state index in [9.17, 15) is 9.59 Å². The van der Waals surface area contributed by atoms with Crippen LogP contribution in [0.1, 0.15) is 38.4 Å². The van der Waals surface area contributed by atoms with E-state index < -0.39 is 0 Å². The minimum absolute atomic E-state index is 0.209. The predicted molar refractivity (Wildman–Crippen MR) is 99.8 cm³/mol. The number of aromatic amines is 1. The van der Waals surface area contributed by atoms with E-state index in [1.807, 2.05) is 12.1 Å². The van der Waals surface area contributed by atoms with Gasteiger partial charge in [0.2, 0.25) is 0 Å². The number of amides is 2. The lowest BCUT2D eigenvalue weighted by atomic mass is 10.0. The number of aliphatic imine (C=N–C) groups is 1. The minimum Gasteiger partial charge on any atom is -0.353 e. The van der Waals surface area contributed by atoms with Gasteiger partial charge in [-0.2, -0.15) is 0 Å². The van der Waals surface area contributed by atoms with E-state index in [0.29, 0.717) is 24.1 Å². The topological polar surface area (TPSA) is 65.5 Å². The molecule has 3 aromatic rings. The first-order valence-electron chi connectivity index (χ1n) is 8.82. The first kappa shape index (κ1) is 15.1. The molecular weight excluding hydrogens is 326 g/mol. The van der Waals surface area contributed by atoms with Crippen molar-refractivity contribution >= 4 is 28.4 Å². The average molecular weight is 343 g/mol. The fourth-order valence-electron chi connectivity index (χ4n) is 3.95. The molecule has 2 aliphatic heterocycles. The molecule has 2 amide bonds. The number of H-pyrrole nitrogens is 1. The maximum Gasteiger partial charge on any atom is 0.261 e. The summed E-state index contributed by atoms with van der Waals surface area (Å²) in [6, 6.07) is 15.2. The molecule has 5 rings (SSSR count). The third kappa shape index (κ3) is 2.13. The molecule has 2 aliphatic rings. The van der Waals surface area contributed by atoms with Crippen LogP contribution in [0.5, 0.6) is 0 Å². The number of fused-ring (bicyclic) bond motifs is 4. The van der Waals surface area contributed by atoms with Crippen LogP contribution in [0, 0.1) is 0 Å². The Balaban J connectivity index is 1.41. The van der Waals surface area contributed by atoms with Crippen molar-refractivity contribution in [2.75, 3.05) is 13.1 Å². The number of carbonyl (C=O) groups excluding carboxylic acids is 2. The summed E-state index contributed by atoms with van der Waals surface area (Å²) in [5, 5.41) is 1.23. The van der Waals surface area contributed by atoms with E-state index in [4.69, 9.17) is 0 Å². The van der Waals surface area contributed by atoms with Crippen LogP contribution in [-0.4, -0.2) is 40.5 Å². The van der Waals surface area contributed by atoms with Crippen molar-refractivity contribution in [2.45, 2.75) is 12.8 Å². The molecule has 0 bridgehead atoms. The van der Waals surface area contributed by atoms with Gasteiger partial charge in [0, 0.05) is 30.4 Å². The van der Waals surface area contributed by atoms with E-state index in [2.05, 4.69) is 22.1 Å². The van der Waals surface area contributed by atoms with Gasteiger partial charge in [0.15, 0.2) is 0 Å². The van der Waals surface area contributed by atoms with E-state index in [0.717, 1.165) is 29.9 Å². The lowest BCUT2D eigenvalue weighted by molar-refractivity contribution is 0.0658. The van der Waals surface area contributed by atoms with Crippen molar-refractivity contribution in [1.29, 1.82) is 0 Å². The van der Waals surface area contributed by atoms with Crippen LogP contribution in [0.3, 0.4) is 0 Å². The summed E-state index contributed by atoms with van der Waals surface area (Å²) in [4.78, 5) is 34.5. The molecule has 0 unspecified atom stereocenters. The standard InChI is InChI=1S/C21H17N3O2/c25-20-15-6-1-2-7-16(15)21(26)24(20)12-10-18-19-14(9-11-22-18)13-5-3-4-8-17(13)23-19/h1-8,23H,9-12H2. The van der Waals surface area contributed by atoms with Crippen LogP contribution in [0.4, 0.5) is 0 Å². The molecule has 1 N–H and O–H groups in total. The Morgan fingerprint density at radius 1 is 0.962 bits per heavy atom. The zero-order chi connectivity index (χ0) is 17.7. The lowest BCUT2D eigenvalue weighted by Gasteiger charge is -2.17. The minimum atomic E-state index is -0.209. The molecule has 2 aromatic carbocycles. The molecule has 3 heterocycles. The highest BCUT2D eigenvalue weighted by Crippen LogP contribution is 2.28. The van der Waals surface area contributed by atoms with Gasteiger partial charge in [0.25, 0.3) is 11.8 Å². The van der Waals surface area contributed by atoms with Gasteiger partial charge in [0.05, 0.1) is 22.5 Å².